The smallest absolute Gasteiger partial charge is 0.290 e. The quantitative estimate of drug-likeness (QED) is 0.784. The zero-order valence-corrected chi connectivity index (χ0v) is 16.6. The van der Waals surface area contributed by atoms with Gasteiger partial charge in [0.25, 0.3) is 5.91 Å². The van der Waals surface area contributed by atoms with E-state index in [9.17, 15) is 4.79 Å². The Bertz CT molecular complexity index is 741. The van der Waals surface area contributed by atoms with Crippen LogP contribution in [0.15, 0.2) is 24.3 Å². The number of nitrogens with zero attached hydrogens (tertiary/aromatic N) is 3. The molecule has 0 saturated carbocycles. The van der Waals surface area contributed by atoms with Crippen LogP contribution in [0.3, 0.4) is 0 Å². The maximum Gasteiger partial charge on any atom is 0.290 e. The van der Waals surface area contributed by atoms with Crippen LogP contribution < -0.4 is 10.6 Å². The Morgan fingerprint density at radius 2 is 2.19 bits per heavy atom. The van der Waals surface area contributed by atoms with E-state index in [0.717, 1.165) is 31.0 Å². The molecule has 142 valence electrons. The van der Waals surface area contributed by atoms with Crippen molar-refractivity contribution in [2.45, 2.75) is 32.6 Å². The molecule has 1 aliphatic rings. The minimum atomic E-state index is -0.237. The van der Waals surface area contributed by atoms with E-state index >= 15 is 0 Å². The first-order chi connectivity index (χ1) is 12.1. The van der Waals surface area contributed by atoms with Crippen molar-refractivity contribution >= 4 is 29.9 Å². The SMILES string of the molecule is CC(C)c1nc(C(=O)NCCC2CCNC2)nn1-c1ccccc1Cl.Cl. The Hall–Kier alpha value is -1.63. The van der Waals surface area contributed by atoms with Gasteiger partial charge < -0.3 is 10.6 Å². The number of aromatic nitrogens is 3. The Kier molecular flexibility index (Phi) is 7.43. The molecule has 1 saturated heterocycles. The Balaban J connectivity index is 0.00000243. The normalized spacial score (nSPS) is 16.5. The molecule has 2 N–H and O–H groups in total. The summed E-state index contributed by atoms with van der Waals surface area (Å²) in [7, 11) is 0. The van der Waals surface area contributed by atoms with E-state index in [0.29, 0.717) is 17.5 Å². The van der Waals surface area contributed by atoms with E-state index < -0.39 is 0 Å². The monoisotopic (exact) mass is 397 g/mol. The average Bonchev–Trinajstić information content (AvgIpc) is 3.24. The zero-order chi connectivity index (χ0) is 17.8. The molecule has 0 bridgehead atoms. The first-order valence-electron chi connectivity index (χ1n) is 8.77. The van der Waals surface area contributed by atoms with Gasteiger partial charge in [-0.3, -0.25) is 4.79 Å². The van der Waals surface area contributed by atoms with Gasteiger partial charge in [0, 0.05) is 12.5 Å². The van der Waals surface area contributed by atoms with E-state index in [1.807, 2.05) is 32.0 Å². The van der Waals surface area contributed by atoms with Crippen LogP contribution in [0.5, 0.6) is 0 Å². The molecule has 2 heterocycles. The van der Waals surface area contributed by atoms with Crippen LogP contribution in [0.1, 0.15) is 49.1 Å². The summed E-state index contributed by atoms with van der Waals surface area (Å²) < 4.78 is 1.67. The fourth-order valence-corrected chi connectivity index (χ4v) is 3.24. The predicted molar refractivity (Wildman–Crippen MR) is 106 cm³/mol. The van der Waals surface area contributed by atoms with Crippen molar-refractivity contribution in [2.75, 3.05) is 19.6 Å². The fourth-order valence-electron chi connectivity index (χ4n) is 3.02. The summed E-state index contributed by atoms with van der Waals surface area (Å²) in [5.41, 5.74) is 0.733. The molecule has 0 spiro atoms. The molecule has 3 rings (SSSR count). The average molecular weight is 398 g/mol. The van der Waals surface area contributed by atoms with Crippen LogP contribution in [0, 0.1) is 5.92 Å². The number of rotatable bonds is 6. The third-order valence-corrected chi connectivity index (χ3v) is 4.75. The Morgan fingerprint density at radius 3 is 2.85 bits per heavy atom. The molecule has 1 aromatic carbocycles. The molecule has 0 radical (unpaired) electrons. The van der Waals surface area contributed by atoms with Crippen molar-refractivity contribution in [1.29, 1.82) is 0 Å². The lowest BCUT2D eigenvalue weighted by molar-refractivity contribution is 0.0941. The molecule has 6 nitrogen and oxygen atoms in total. The topological polar surface area (TPSA) is 71.8 Å². The van der Waals surface area contributed by atoms with Gasteiger partial charge in [-0.15, -0.1) is 17.5 Å². The first kappa shape index (κ1) is 20.7. The Labute approximate surface area is 165 Å². The van der Waals surface area contributed by atoms with Crippen molar-refractivity contribution < 1.29 is 4.79 Å². The second kappa shape index (κ2) is 9.35. The molecular weight excluding hydrogens is 373 g/mol. The van der Waals surface area contributed by atoms with Crippen LogP contribution in [-0.4, -0.2) is 40.3 Å². The van der Waals surface area contributed by atoms with Crippen molar-refractivity contribution in [1.82, 2.24) is 25.4 Å². The zero-order valence-electron chi connectivity index (χ0n) is 15.0. The van der Waals surface area contributed by atoms with Crippen LogP contribution in [0.25, 0.3) is 5.69 Å². The highest BCUT2D eigenvalue weighted by atomic mass is 35.5. The number of amides is 1. The van der Waals surface area contributed by atoms with E-state index in [1.54, 1.807) is 10.7 Å². The van der Waals surface area contributed by atoms with Gasteiger partial charge in [-0.1, -0.05) is 37.6 Å². The minimum absolute atomic E-state index is 0. The first-order valence-corrected chi connectivity index (χ1v) is 9.15. The van der Waals surface area contributed by atoms with Crippen LogP contribution in [0.4, 0.5) is 0 Å². The summed E-state index contributed by atoms with van der Waals surface area (Å²) in [6.07, 6.45) is 2.15. The van der Waals surface area contributed by atoms with Gasteiger partial charge >= 0.3 is 0 Å². The molecule has 1 aliphatic heterocycles. The molecule has 26 heavy (non-hydrogen) atoms. The maximum atomic E-state index is 12.4. The number of carbonyl (C=O) groups is 1. The van der Waals surface area contributed by atoms with Gasteiger partial charge in [-0.05, 0) is 44.0 Å². The highest BCUT2D eigenvalue weighted by Gasteiger charge is 2.21. The minimum Gasteiger partial charge on any atom is -0.349 e. The van der Waals surface area contributed by atoms with Crippen molar-refractivity contribution in [3.63, 3.8) is 0 Å². The number of hydrogen-bond donors (Lipinski definition) is 2. The Morgan fingerprint density at radius 1 is 1.42 bits per heavy atom. The predicted octanol–water partition coefficient (Wildman–Crippen LogP) is 3.20. The number of nitrogens with one attached hydrogen (secondary N) is 2. The van der Waals surface area contributed by atoms with Crippen molar-refractivity contribution in [3.05, 3.63) is 40.9 Å². The molecule has 8 heteroatoms. The number of para-hydroxylation sites is 1. The van der Waals surface area contributed by atoms with Crippen molar-refractivity contribution in [2.24, 2.45) is 5.92 Å². The molecule has 0 aliphatic carbocycles. The maximum absolute atomic E-state index is 12.4. The van der Waals surface area contributed by atoms with Gasteiger partial charge in [-0.2, -0.15) is 0 Å². The lowest BCUT2D eigenvalue weighted by atomic mass is 10.1. The number of hydrogen-bond acceptors (Lipinski definition) is 4. The number of halogens is 2. The van der Waals surface area contributed by atoms with E-state index in [-0.39, 0.29) is 30.1 Å². The van der Waals surface area contributed by atoms with Crippen LogP contribution in [-0.2, 0) is 0 Å². The summed E-state index contributed by atoms with van der Waals surface area (Å²) in [4.78, 5) is 16.9. The molecule has 2 aromatic rings. The molecule has 1 fully saturated rings. The van der Waals surface area contributed by atoms with Crippen molar-refractivity contribution in [3.8, 4) is 5.69 Å². The molecule has 1 amide bonds. The molecule has 1 unspecified atom stereocenters. The largest absolute Gasteiger partial charge is 0.349 e. The fraction of sp³-hybridized carbons (Fsp3) is 0.500. The highest BCUT2D eigenvalue weighted by molar-refractivity contribution is 6.32. The summed E-state index contributed by atoms with van der Waals surface area (Å²) >= 11 is 6.29. The summed E-state index contributed by atoms with van der Waals surface area (Å²) in [5, 5.41) is 11.3. The standard InChI is InChI=1S/C18H24ClN5O.ClH/c1-12(2)17-22-16(18(25)21-10-8-13-7-9-20-11-13)23-24(17)15-6-4-3-5-14(15)19;/h3-6,12-13,20H,7-11H2,1-2H3,(H,21,25);1H. The van der Waals surface area contributed by atoms with Crippen LogP contribution >= 0.6 is 24.0 Å². The third kappa shape index (κ3) is 4.75. The summed E-state index contributed by atoms with van der Waals surface area (Å²) in [6, 6.07) is 7.43. The van der Waals surface area contributed by atoms with Gasteiger partial charge in [0.2, 0.25) is 5.82 Å². The highest BCUT2D eigenvalue weighted by Crippen LogP contribution is 2.23. The molecular formula is C18H25Cl2N5O. The second-order valence-electron chi connectivity index (χ2n) is 6.71. The summed E-state index contributed by atoms with van der Waals surface area (Å²) in [5.74, 6) is 1.43. The summed E-state index contributed by atoms with van der Waals surface area (Å²) in [6.45, 7) is 6.79. The van der Waals surface area contributed by atoms with Gasteiger partial charge in [0.15, 0.2) is 0 Å². The van der Waals surface area contributed by atoms with Gasteiger partial charge in [0.05, 0.1) is 10.7 Å². The van der Waals surface area contributed by atoms with E-state index in [2.05, 4.69) is 20.7 Å². The van der Waals surface area contributed by atoms with Gasteiger partial charge in [-0.25, -0.2) is 9.67 Å². The lowest BCUT2D eigenvalue weighted by Gasteiger charge is -2.09. The number of carbonyl (C=O) groups excluding carboxylic acids is 1. The van der Waals surface area contributed by atoms with Crippen LogP contribution in [0.2, 0.25) is 5.02 Å². The van der Waals surface area contributed by atoms with E-state index in [4.69, 9.17) is 11.6 Å². The molecule has 1 atom stereocenters. The number of benzene rings is 1. The molecule has 1 aromatic heterocycles. The second-order valence-corrected chi connectivity index (χ2v) is 7.12. The van der Waals surface area contributed by atoms with Gasteiger partial charge in [0.1, 0.15) is 5.82 Å². The third-order valence-electron chi connectivity index (χ3n) is 4.43. The lowest BCUT2D eigenvalue weighted by Crippen LogP contribution is -2.27. The van der Waals surface area contributed by atoms with E-state index in [1.165, 1.54) is 6.42 Å².